The second-order valence-corrected chi connectivity index (χ2v) is 5.34. The molecule has 0 aromatic heterocycles. The molecule has 23 heavy (non-hydrogen) atoms. The zero-order chi connectivity index (χ0) is 16.2. The number of carboxylic acids is 1. The summed E-state index contributed by atoms with van der Waals surface area (Å²) in [6.45, 7) is 0. The molecular formula is C20H16O3. The quantitative estimate of drug-likeness (QED) is 0.708. The smallest absolute Gasteiger partial charge is 0.339 e. The Balaban J connectivity index is 2.17. The van der Waals surface area contributed by atoms with E-state index in [0.717, 1.165) is 16.7 Å². The van der Waals surface area contributed by atoms with Crippen LogP contribution in [-0.2, 0) is 0 Å². The molecule has 3 aromatic carbocycles. The van der Waals surface area contributed by atoms with Crippen molar-refractivity contribution in [2.24, 2.45) is 0 Å². The third kappa shape index (κ3) is 3.09. The molecular weight excluding hydrogens is 288 g/mol. The van der Waals surface area contributed by atoms with Crippen molar-refractivity contribution in [1.82, 2.24) is 0 Å². The van der Waals surface area contributed by atoms with Gasteiger partial charge in [-0.25, -0.2) is 4.79 Å². The second-order valence-electron chi connectivity index (χ2n) is 5.34. The van der Waals surface area contributed by atoms with Crippen LogP contribution < -0.4 is 0 Å². The summed E-state index contributed by atoms with van der Waals surface area (Å²) in [4.78, 5) is 11.3. The van der Waals surface area contributed by atoms with Gasteiger partial charge in [0.05, 0.1) is 0 Å². The summed E-state index contributed by atoms with van der Waals surface area (Å²) in [5.74, 6) is -1.44. The Morgan fingerprint density at radius 3 is 1.74 bits per heavy atom. The van der Waals surface area contributed by atoms with Gasteiger partial charge < -0.3 is 10.2 Å². The Labute approximate surface area is 134 Å². The Morgan fingerprint density at radius 2 is 1.26 bits per heavy atom. The molecule has 0 unspecified atom stereocenters. The maximum Gasteiger partial charge on any atom is 0.339 e. The number of hydrogen-bond donors (Lipinski definition) is 2. The fraction of sp³-hybridized carbons (Fsp3) is 0.0500. The molecule has 3 rings (SSSR count). The van der Waals surface area contributed by atoms with Gasteiger partial charge in [0.2, 0.25) is 0 Å². The highest BCUT2D eigenvalue weighted by Crippen LogP contribution is 2.33. The van der Waals surface area contributed by atoms with Gasteiger partial charge >= 0.3 is 5.97 Å². The lowest BCUT2D eigenvalue weighted by Crippen LogP contribution is -2.05. The molecule has 0 aliphatic heterocycles. The van der Waals surface area contributed by atoms with Crippen molar-refractivity contribution in [2.75, 3.05) is 0 Å². The Bertz CT molecular complexity index is 771. The summed E-state index contributed by atoms with van der Waals surface area (Å²) in [6, 6.07) is 24.6. The molecule has 2 N–H and O–H groups in total. The highest BCUT2D eigenvalue weighted by Gasteiger charge is 2.19. The van der Waals surface area contributed by atoms with Crippen LogP contribution in [0.3, 0.4) is 0 Å². The van der Waals surface area contributed by atoms with Crippen LogP contribution in [0.25, 0.3) is 0 Å². The van der Waals surface area contributed by atoms with E-state index >= 15 is 0 Å². The van der Waals surface area contributed by atoms with Gasteiger partial charge in [0, 0.05) is 5.92 Å². The Hall–Kier alpha value is -3.07. The van der Waals surface area contributed by atoms with Gasteiger partial charge in [-0.2, -0.15) is 0 Å². The lowest BCUT2D eigenvalue weighted by Gasteiger charge is -2.19. The number of phenols is 1. The van der Waals surface area contributed by atoms with Crippen LogP contribution in [0.1, 0.15) is 33.0 Å². The number of carboxylic acid groups (broad SMARTS) is 1. The lowest BCUT2D eigenvalue weighted by molar-refractivity contribution is 0.0693. The standard InChI is InChI=1S/C20H16O3/c21-18-12-11-16(13-17(18)20(22)23)19(14-7-3-1-4-8-14)15-9-5-2-6-10-15/h1-13,19,21H,(H,22,23). The van der Waals surface area contributed by atoms with Gasteiger partial charge in [-0.3, -0.25) is 0 Å². The third-order valence-corrected chi connectivity index (χ3v) is 3.85. The molecule has 0 radical (unpaired) electrons. The first-order valence-electron chi connectivity index (χ1n) is 7.33. The van der Waals surface area contributed by atoms with Crippen LogP contribution in [0.5, 0.6) is 5.75 Å². The molecule has 0 spiro atoms. The molecule has 0 amide bonds. The first-order valence-corrected chi connectivity index (χ1v) is 7.33. The molecule has 0 aliphatic carbocycles. The highest BCUT2D eigenvalue weighted by atomic mass is 16.4. The zero-order valence-corrected chi connectivity index (χ0v) is 12.4. The van der Waals surface area contributed by atoms with E-state index in [4.69, 9.17) is 0 Å². The number of aromatic carboxylic acids is 1. The van der Waals surface area contributed by atoms with E-state index in [1.165, 1.54) is 6.07 Å². The minimum Gasteiger partial charge on any atom is -0.507 e. The average Bonchev–Trinajstić information content (AvgIpc) is 2.58. The van der Waals surface area contributed by atoms with Crippen molar-refractivity contribution in [2.45, 2.75) is 5.92 Å². The van der Waals surface area contributed by atoms with E-state index in [9.17, 15) is 15.0 Å². The first-order chi connectivity index (χ1) is 11.2. The maximum absolute atomic E-state index is 11.3. The van der Waals surface area contributed by atoms with Gasteiger partial charge in [-0.15, -0.1) is 0 Å². The van der Waals surface area contributed by atoms with E-state index in [1.54, 1.807) is 12.1 Å². The molecule has 0 atom stereocenters. The van der Waals surface area contributed by atoms with Crippen molar-refractivity contribution >= 4 is 5.97 Å². The number of rotatable bonds is 4. The first kappa shape index (κ1) is 14.9. The summed E-state index contributed by atoms with van der Waals surface area (Å²) >= 11 is 0. The Kier molecular flexibility index (Phi) is 4.11. The van der Waals surface area contributed by atoms with Crippen LogP contribution in [0.4, 0.5) is 0 Å². The van der Waals surface area contributed by atoms with Crippen molar-refractivity contribution in [1.29, 1.82) is 0 Å². The number of carbonyl (C=O) groups is 1. The summed E-state index contributed by atoms with van der Waals surface area (Å²) in [7, 11) is 0. The van der Waals surface area contributed by atoms with Gasteiger partial charge in [-0.05, 0) is 28.8 Å². The Morgan fingerprint density at radius 1 is 0.739 bits per heavy atom. The van der Waals surface area contributed by atoms with Gasteiger partial charge in [0.1, 0.15) is 11.3 Å². The fourth-order valence-corrected chi connectivity index (χ4v) is 2.77. The molecule has 0 bridgehead atoms. The molecule has 0 saturated carbocycles. The molecule has 0 aliphatic rings. The van der Waals surface area contributed by atoms with Crippen LogP contribution in [0.15, 0.2) is 78.9 Å². The minimum absolute atomic E-state index is 0.0839. The molecule has 3 aromatic rings. The predicted molar refractivity (Wildman–Crippen MR) is 88.9 cm³/mol. The van der Waals surface area contributed by atoms with E-state index < -0.39 is 5.97 Å². The predicted octanol–water partition coefficient (Wildman–Crippen LogP) is 4.27. The van der Waals surface area contributed by atoms with Crippen LogP contribution in [0, 0.1) is 0 Å². The maximum atomic E-state index is 11.3. The van der Waals surface area contributed by atoms with Crippen LogP contribution in [-0.4, -0.2) is 16.2 Å². The minimum atomic E-state index is -1.13. The van der Waals surface area contributed by atoms with E-state index in [0.29, 0.717) is 0 Å². The number of aromatic hydroxyl groups is 1. The highest BCUT2D eigenvalue weighted by molar-refractivity contribution is 5.91. The van der Waals surface area contributed by atoms with E-state index in [-0.39, 0.29) is 17.2 Å². The van der Waals surface area contributed by atoms with Gasteiger partial charge in [-0.1, -0.05) is 66.7 Å². The molecule has 3 heteroatoms. The van der Waals surface area contributed by atoms with Crippen LogP contribution >= 0.6 is 0 Å². The SMILES string of the molecule is O=C(O)c1cc(C(c2ccccc2)c2ccccc2)ccc1O. The monoisotopic (exact) mass is 304 g/mol. The topological polar surface area (TPSA) is 57.5 Å². The summed E-state index contributed by atoms with van der Waals surface area (Å²) in [6.07, 6.45) is 0. The summed E-state index contributed by atoms with van der Waals surface area (Å²) < 4.78 is 0. The van der Waals surface area contributed by atoms with Gasteiger partial charge in [0.25, 0.3) is 0 Å². The number of benzene rings is 3. The van der Waals surface area contributed by atoms with Crippen LogP contribution in [0.2, 0.25) is 0 Å². The zero-order valence-electron chi connectivity index (χ0n) is 12.4. The average molecular weight is 304 g/mol. The fourth-order valence-electron chi connectivity index (χ4n) is 2.77. The van der Waals surface area contributed by atoms with E-state index in [2.05, 4.69) is 0 Å². The lowest BCUT2D eigenvalue weighted by atomic mass is 9.84. The van der Waals surface area contributed by atoms with Crippen molar-refractivity contribution in [3.05, 3.63) is 101 Å². The molecule has 0 heterocycles. The molecule has 114 valence electrons. The normalized spacial score (nSPS) is 10.7. The van der Waals surface area contributed by atoms with Crippen molar-refractivity contribution in [3.8, 4) is 5.75 Å². The van der Waals surface area contributed by atoms with Gasteiger partial charge in [0.15, 0.2) is 0 Å². The molecule has 0 fully saturated rings. The largest absolute Gasteiger partial charge is 0.507 e. The molecule has 3 nitrogen and oxygen atoms in total. The molecule has 0 saturated heterocycles. The summed E-state index contributed by atoms with van der Waals surface area (Å²) in [5, 5.41) is 19.0. The third-order valence-electron chi connectivity index (χ3n) is 3.85. The van der Waals surface area contributed by atoms with Crippen molar-refractivity contribution < 1.29 is 15.0 Å². The summed E-state index contributed by atoms with van der Waals surface area (Å²) in [5.41, 5.74) is 2.89. The van der Waals surface area contributed by atoms with Crippen molar-refractivity contribution in [3.63, 3.8) is 0 Å². The van der Waals surface area contributed by atoms with E-state index in [1.807, 2.05) is 60.7 Å². The second kappa shape index (κ2) is 6.36. The number of hydrogen-bond acceptors (Lipinski definition) is 2.